The van der Waals surface area contributed by atoms with Gasteiger partial charge in [0.2, 0.25) is 0 Å². The van der Waals surface area contributed by atoms with Crippen molar-refractivity contribution in [3.05, 3.63) is 46.6 Å². The van der Waals surface area contributed by atoms with E-state index in [0.717, 1.165) is 19.6 Å². The first-order chi connectivity index (χ1) is 13.4. The molecule has 0 atom stereocenters. The highest BCUT2D eigenvalue weighted by Gasteiger charge is 2.30. The molecule has 2 aromatic rings. The number of aromatic amines is 1. The van der Waals surface area contributed by atoms with Crippen molar-refractivity contribution in [2.45, 2.75) is 37.4 Å². The number of rotatable bonds is 7. The maximum Gasteiger partial charge on any atom is 0.342 e. The van der Waals surface area contributed by atoms with Gasteiger partial charge in [-0.25, -0.2) is 17.9 Å². The summed E-state index contributed by atoms with van der Waals surface area (Å²) < 4.78 is 32.9. The molecule has 3 rings (SSSR count). The number of carbonyl (C=O) groups excluding carboxylic acids is 1. The van der Waals surface area contributed by atoms with Gasteiger partial charge >= 0.3 is 5.97 Å². The normalized spacial score (nSPS) is 16.2. The van der Waals surface area contributed by atoms with Crippen molar-refractivity contribution in [3.8, 4) is 0 Å². The molecule has 0 saturated carbocycles. The highest BCUT2D eigenvalue weighted by Crippen LogP contribution is 2.19. The zero-order valence-corrected chi connectivity index (χ0v) is 17.1. The molecule has 0 amide bonds. The summed E-state index contributed by atoms with van der Waals surface area (Å²) >= 11 is 5.91. The van der Waals surface area contributed by atoms with Crippen LogP contribution in [0.2, 0.25) is 5.02 Å². The third kappa shape index (κ3) is 5.11. The van der Waals surface area contributed by atoms with Crippen molar-refractivity contribution in [1.29, 1.82) is 0 Å². The lowest BCUT2D eigenvalue weighted by Crippen LogP contribution is -2.44. The number of hydrogen-bond acceptors (Lipinski definition) is 6. The van der Waals surface area contributed by atoms with Gasteiger partial charge in [0.1, 0.15) is 5.56 Å². The van der Waals surface area contributed by atoms with Gasteiger partial charge in [0, 0.05) is 30.7 Å². The predicted octanol–water partition coefficient (Wildman–Crippen LogP) is 2.18. The predicted molar refractivity (Wildman–Crippen MR) is 105 cm³/mol. The van der Waals surface area contributed by atoms with Crippen LogP contribution in [0.4, 0.5) is 0 Å². The highest BCUT2D eigenvalue weighted by molar-refractivity contribution is 7.89. The number of esters is 1. The number of piperidine rings is 1. The van der Waals surface area contributed by atoms with Gasteiger partial charge in [0.25, 0.3) is 10.0 Å². The van der Waals surface area contributed by atoms with E-state index in [-0.39, 0.29) is 23.2 Å². The lowest BCUT2D eigenvalue weighted by atomic mass is 10.1. The monoisotopic (exact) mass is 426 g/mol. The molecule has 0 aliphatic carbocycles. The largest absolute Gasteiger partial charge is 0.462 e. The van der Waals surface area contributed by atoms with Gasteiger partial charge in [-0.05, 0) is 37.5 Å². The zero-order chi connectivity index (χ0) is 20.1. The van der Waals surface area contributed by atoms with Gasteiger partial charge in [-0.1, -0.05) is 23.7 Å². The van der Waals surface area contributed by atoms with E-state index < -0.39 is 16.0 Å². The van der Waals surface area contributed by atoms with E-state index >= 15 is 0 Å². The van der Waals surface area contributed by atoms with Gasteiger partial charge < -0.3 is 4.74 Å². The Morgan fingerprint density at radius 2 is 2.00 bits per heavy atom. The van der Waals surface area contributed by atoms with Crippen LogP contribution in [-0.4, -0.2) is 55.2 Å². The average molecular weight is 427 g/mol. The summed E-state index contributed by atoms with van der Waals surface area (Å²) in [6, 6.07) is 7.51. The fraction of sp³-hybridized carbons (Fsp3) is 0.444. The molecule has 8 nitrogen and oxygen atoms in total. The lowest BCUT2D eigenvalue weighted by molar-refractivity contribution is 0.0521. The topological polar surface area (TPSA) is 104 Å². The molecule has 1 saturated heterocycles. The molecule has 1 fully saturated rings. The standard InChI is InChI=1S/C18H23ClN4O4S/c1-2-27-18(24)16-11-20-21-17(16)28(25,26)22-15-7-9-23(10-8-15)12-13-3-5-14(19)6-4-13/h3-6,11,15,22H,2,7-10,12H2,1H3,(H,20,21). The molecule has 1 aliphatic rings. The molecule has 0 spiro atoms. The molecule has 28 heavy (non-hydrogen) atoms. The summed E-state index contributed by atoms with van der Waals surface area (Å²) in [5.41, 5.74) is 1.08. The number of sulfonamides is 1. The molecular formula is C18H23ClN4O4S. The first-order valence-electron chi connectivity index (χ1n) is 9.08. The van der Waals surface area contributed by atoms with E-state index in [1.807, 2.05) is 24.3 Å². The minimum atomic E-state index is -3.89. The molecule has 0 radical (unpaired) electrons. The van der Waals surface area contributed by atoms with Gasteiger partial charge in [-0.2, -0.15) is 5.10 Å². The van der Waals surface area contributed by atoms with Crippen LogP contribution in [-0.2, 0) is 21.3 Å². The molecule has 1 aromatic heterocycles. The van der Waals surface area contributed by atoms with Gasteiger partial charge in [-0.15, -0.1) is 0 Å². The quantitative estimate of drug-likeness (QED) is 0.657. The lowest BCUT2D eigenvalue weighted by Gasteiger charge is -2.32. The summed E-state index contributed by atoms with van der Waals surface area (Å²) in [5.74, 6) is -0.714. The molecule has 1 aliphatic heterocycles. The first-order valence-corrected chi connectivity index (χ1v) is 10.9. The van der Waals surface area contributed by atoms with Crippen LogP contribution in [0.25, 0.3) is 0 Å². The number of benzene rings is 1. The van der Waals surface area contributed by atoms with E-state index in [1.165, 1.54) is 11.8 Å². The Balaban J connectivity index is 1.57. The Morgan fingerprint density at radius 3 is 2.64 bits per heavy atom. The van der Waals surface area contributed by atoms with E-state index in [9.17, 15) is 13.2 Å². The van der Waals surface area contributed by atoms with Gasteiger partial charge in [0.15, 0.2) is 5.03 Å². The summed E-state index contributed by atoms with van der Waals surface area (Å²) in [7, 11) is -3.89. The van der Waals surface area contributed by atoms with Crippen LogP contribution in [0.1, 0.15) is 35.7 Å². The molecule has 0 bridgehead atoms. The molecule has 0 unspecified atom stereocenters. The van der Waals surface area contributed by atoms with Crippen molar-refractivity contribution >= 4 is 27.6 Å². The van der Waals surface area contributed by atoms with E-state index in [1.54, 1.807) is 6.92 Å². The molecular weight excluding hydrogens is 404 g/mol. The number of aromatic nitrogens is 2. The number of carbonyl (C=O) groups is 1. The Morgan fingerprint density at radius 1 is 1.32 bits per heavy atom. The number of likely N-dealkylation sites (tertiary alicyclic amines) is 1. The van der Waals surface area contributed by atoms with Crippen LogP contribution in [0.5, 0.6) is 0 Å². The molecule has 1 aromatic carbocycles. The number of nitrogens with one attached hydrogen (secondary N) is 2. The SMILES string of the molecule is CCOC(=O)c1cn[nH]c1S(=O)(=O)NC1CCN(Cc2ccc(Cl)cc2)CC1. The van der Waals surface area contributed by atoms with E-state index in [0.29, 0.717) is 17.9 Å². The number of halogens is 1. The van der Waals surface area contributed by atoms with Crippen LogP contribution in [0, 0.1) is 0 Å². The second-order valence-electron chi connectivity index (χ2n) is 6.63. The zero-order valence-electron chi connectivity index (χ0n) is 15.5. The molecule has 152 valence electrons. The van der Waals surface area contributed by atoms with E-state index in [4.69, 9.17) is 16.3 Å². The fourth-order valence-corrected chi connectivity index (χ4v) is 4.69. The van der Waals surface area contributed by atoms with Crippen LogP contribution in [0.3, 0.4) is 0 Å². The summed E-state index contributed by atoms with van der Waals surface area (Å²) in [5, 5.41) is 6.54. The Hall–Kier alpha value is -1.94. The highest BCUT2D eigenvalue weighted by atomic mass is 35.5. The van der Waals surface area contributed by atoms with Crippen molar-refractivity contribution in [1.82, 2.24) is 19.8 Å². The maximum atomic E-state index is 12.7. The second-order valence-corrected chi connectivity index (χ2v) is 8.72. The van der Waals surface area contributed by atoms with E-state index in [2.05, 4.69) is 19.8 Å². The van der Waals surface area contributed by atoms with Gasteiger partial charge in [0.05, 0.1) is 12.8 Å². The van der Waals surface area contributed by atoms with Crippen LogP contribution < -0.4 is 4.72 Å². The van der Waals surface area contributed by atoms with Crippen LogP contribution in [0.15, 0.2) is 35.5 Å². The number of nitrogens with zero attached hydrogens (tertiary/aromatic N) is 2. The minimum Gasteiger partial charge on any atom is -0.462 e. The maximum absolute atomic E-state index is 12.7. The minimum absolute atomic E-state index is 0.0884. The smallest absolute Gasteiger partial charge is 0.342 e. The summed E-state index contributed by atoms with van der Waals surface area (Å²) in [4.78, 5) is 14.2. The third-order valence-corrected chi connectivity index (χ3v) is 6.34. The number of H-pyrrole nitrogens is 1. The Bertz CT molecular complexity index is 906. The third-order valence-electron chi connectivity index (χ3n) is 4.60. The van der Waals surface area contributed by atoms with Crippen molar-refractivity contribution in [2.75, 3.05) is 19.7 Å². The summed E-state index contributed by atoms with van der Waals surface area (Å²) in [6.45, 7) is 4.14. The van der Waals surface area contributed by atoms with Crippen LogP contribution >= 0.6 is 11.6 Å². The van der Waals surface area contributed by atoms with Crippen molar-refractivity contribution < 1.29 is 17.9 Å². The molecule has 2 heterocycles. The second kappa shape index (κ2) is 9.04. The first kappa shape index (κ1) is 20.8. The number of ether oxygens (including phenoxy) is 1. The Kier molecular flexibility index (Phi) is 6.71. The van der Waals surface area contributed by atoms with Gasteiger partial charge in [-0.3, -0.25) is 10.00 Å². The summed E-state index contributed by atoms with van der Waals surface area (Å²) in [6.07, 6.45) is 2.52. The van der Waals surface area contributed by atoms with Crippen molar-refractivity contribution in [2.24, 2.45) is 0 Å². The fourth-order valence-electron chi connectivity index (χ4n) is 3.17. The Labute approximate surface area is 169 Å². The number of hydrogen-bond donors (Lipinski definition) is 2. The van der Waals surface area contributed by atoms with Crippen molar-refractivity contribution in [3.63, 3.8) is 0 Å². The average Bonchev–Trinajstić information content (AvgIpc) is 3.16. The molecule has 10 heteroatoms. The molecule has 2 N–H and O–H groups in total.